The second-order valence-electron chi connectivity index (χ2n) is 4.01. The molecule has 1 aliphatic rings. The van der Waals surface area contributed by atoms with Gasteiger partial charge in [-0.05, 0) is 18.8 Å². The number of carbonyl (C=O) groups excluding carboxylic acids is 2. The second kappa shape index (κ2) is 4.04. The van der Waals surface area contributed by atoms with E-state index < -0.39 is 17.4 Å². The largest absolute Gasteiger partial charge is 0.468 e. The van der Waals surface area contributed by atoms with E-state index in [1.165, 1.54) is 14.2 Å². The lowest BCUT2D eigenvalue weighted by Gasteiger charge is -2.22. The standard InChI is InChI=1S/C11H16O4/c1-7-5-11(6-8(7)2,9(12)14-3)10(13)15-4/h8H,1,5-6H2,2-4H3/t8-/m0/s1. The van der Waals surface area contributed by atoms with E-state index in [9.17, 15) is 9.59 Å². The predicted octanol–water partition coefficient (Wildman–Crippen LogP) is 1.30. The molecule has 15 heavy (non-hydrogen) atoms. The van der Waals surface area contributed by atoms with Gasteiger partial charge in [-0.15, -0.1) is 0 Å². The van der Waals surface area contributed by atoms with Crippen molar-refractivity contribution in [2.75, 3.05) is 14.2 Å². The first-order valence-corrected chi connectivity index (χ1v) is 4.82. The molecule has 0 N–H and O–H groups in total. The summed E-state index contributed by atoms with van der Waals surface area (Å²) < 4.78 is 9.35. The van der Waals surface area contributed by atoms with Crippen molar-refractivity contribution in [2.24, 2.45) is 11.3 Å². The van der Waals surface area contributed by atoms with Gasteiger partial charge in [-0.2, -0.15) is 0 Å². The highest BCUT2D eigenvalue weighted by molar-refractivity contribution is 6.01. The molecule has 0 amide bonds. The Balaban J connectivity index is 3.04. The van der Waals surface area contributed by atoms with Crippen LogP contribution >= 0.6 is 0 Å². The van der Waals surface area contributed by atoms with Crippen LogP contribution in [0.1, 0.15) is 19.8 Å². The van der Waals surface area contributed by atoms with E-state index in [4.69, 9.17) is 0 Å². The number of esters is 2. The van der Waals surface area contributed by atoms with Crippen molar-refractivity contribution in [3.8, 4) is 0 Å². The molecule has 0 aromatic heterocycles. The van der Waals surface area contributed by atoms with Crippen LogP contribution in [0.2, 0.25) is 0 Å². The van der Waals surface area contributed by atoms with E-state index in [0.717, 1.165) is 5.57 Å². The molecule has 1 aliphatic carbocycles. The third-order valence-electron chi connectivity index (χ3n) is 3.03. The highest BCUT2D eigenvalue weighted by Gasteiger charge is 2.53. The van der Waals surface area contributed by atoms with Gasteiger partial charge in [-0.3, -0.25) is 9.59 Å². The molecule has 4 heteroatoms. The highest BCUT2D eigenvalue weighted by atomic mass is 16.5. The molecule has 1 saturated carbocycles. The van der Waals surface area contributed by atoms with Gasteiger partial charge in [0, 0.05) is 0 Å². The minimum absolute atomic E-state index is 0.142. The van der Waals surface area contributed by atoms with Crippen molar-refractivity contribution < 1.29 is 19.1 Å². The first-order chi connectivity index (χ1) is 6.97. The molecule has 4 nitrogen and oxygen atoms in total. The van der Waals surface area contributed by atoms with Gasteiger partial charge < -0.3 is 9.47 Å². The van der Waals surface area contributed by atoms with E-state index in [1.54, 1.807) is 0 Å². The van der Waals surface area contributed by atoms with Crippen molar-refractivity contribution in [3.05, 3.63) is 12.2 Å². The average Bonchev–Trinajstić information content (AvgIpc) is 2.54. The monoisotopic (exact) mass is 212 g/mol. The van der Waals surface area contributed by atoms with Gasteiger partial charge in [0.15, 0.2) is 5.41 Å². The number of ether oxygens (including phenoxy) is 2. The molecule has 0 saturated heterocycles. The Bertz CT molecular complexity index is 290. The maximum absolute atomic E-state index is 11.7. The van der Waals surface area contributed by atoms with Crippen molar-refractivity contribution in [3.63, 3.8) is 0 Å². The smallest absolute Gasteiger partial charge is 0.323 e. The molecular formula is C11H16O4. The fourth-order valence-electron chi connectivity index (χ4n) is 2.09. The van der Waals surface area contributed by atoms with Crippen LogP contribution in [-0.4, -0.2) is 26.2 Å². The second-order valence-corrected chi connectivity index (χ2v) is 4.01. The van der Waals surface area contributed by atoms with Gasteiger partial charge in [-0.1, -0.05) is 19.1 Å². The van der Waals surface area contributed by atoms with Gasteiger partial charge in [0.05, 0.1) is 14.2 Å². The molecule has 0 unspecified atom stereocenters. The highest BCUT2D eigenvalue weighted by Crippen LogP contribution is 2.46. The van der Waals surface area contributed by atoms with Crippen molar-refractivity contribution in [1.29, 1.82) is 0 Å². The third kappa shape index (κ3) is 1.76. The number of rotatable bonds is 2. The van der Waals surface area contributed by atoms with Crippen LogP contribution in [0.15, 0.2) is 12.2 Å². The third-order valence-corrected chi connectivity index (χ3v) is 3.03. The van der Waals surface area contributed by atoms with Gasteiger partial charge in [-0.25, -0.2) is 0 Å². The number of carbonyl (C=O) groups is 2. The summed E-state index contributed by atoms with van der Waals surface area (Å²) in [5, 5.41) is 0. The van der Waals surface area contributed by atoms with Gasteiger partial charge in [0.25, 0.3) is 0 Å². The number of methoxy groups -OCH3 is 2. The zero-order chi connectivity index (χ0) is 11.6. The molecular weight excluding hydrogens is 196 g/mol. The van der Waals surface area contributed by atoms with Crippen LogP contribution < -0.4 is 0 Å². The summed E-state index contributed by atoms with van der Waals surface area (Å²) in [7, 11) is 2.55. The summed E-state index contributed by atoms with van der Waals surface area (Å²) in [6, 6.07) is 0. The Morgan fingerprint density at radius 1 is 1.33 bits per heavy atom. The maximum atomic E-state index is 11.7. The molecule has 1 atom stereocenters. The lowest BCUT2D eigenvalue weighted by Crippen LogP contribution is -2.39. The minimum Gasteiger partial charge on any atom is -0.468 e. The zero-order valence-corrected chi connectivity index (χ0v) is 9.33. The van der Waals surface area contributed by atoms with Crippen LogP contribution in [0.4, 0.5) is 0 Å². The van der Waals surface area contributed by atoms with E-state index in [1.807, 2.05) is 6.92 Å². The summed E-state index contributed by atoms with van der Waals surface area (Å²) in [5.74, 6) is -0.914. The van der Waals surface area contributed by atoms with Crippen molar-refractivity contribution >= 4 is 11.9 Å². The fourth-order valence-corrected chi connectivity index (χ4v) is 2.09. The molecule has 1 fully saturated rings. The summed E-state index contributed by atoms with van der Waals surface area (Å²) in [4.78, 5) is 23.3. The van der Waals surface area contributed by atoms with Crippen LogP contribution in [-0.2, 0) is 19.1 Å². The summed E-state index contributed by atoms with van der Waals surface area (Å²) in [6.07, 6.45) is 0.749. The van der Waals surface area contributed by atoms with Crippen molar-refractivity contribution in [1.82, 2.24) is 0 Å². The minimum atomic E-state index is -1.17. The first-order valence-electron chi connectivity index (χ1n) is 4.82. The van der Waals surface area contributed by atoms with Gasteiger partial charge >= 0.3 is 11.9 Å². The van der Waals surface area contributed by atoms with Crippen LogP contribution in [0.5, 0.6) is 0 Å². The van der Waals surface area contributed by atoms with E-state index in [2.05, 4.69) is 16.1 Å². The maximum Gasteiger partial charge on any atom is 0.323 e. The molecule has 0 radical (unpaired) electrons. The lowest BCUT2D eigenvalue weighted by atomic mass is 9.85. The Kier molecular flexibility index (Phi) is 3.17. The number of hydrogen-bond acceptors (Lipinski definition) is 4. The van der Waals surface area contributed by atoms with Crippen LogP contribution in [0.25, 0.3) is 0 Å². The van der Waals surface area contributed by atoms with E-state index in [0.29, 0.717) is 12.8 Å². The fraction of sp³-hybridized carbons (Fsp3) is 0.636. The van der Waals surface area contributed by atoms with Crippen molar-refractivity contribution in [2.45, 2.75) is 19.8 Å². The molecule has 0 aromatic carbocycles. The molecule has 1 rings (SSSR count). The van der Waals surface area contributed by atoms with E-state index >= 15 is 0 Å². The first kappa shape index (κ1) is 11.8. The topological polar surface area (TPSA) is 52.6 Å². The average molecular weight is 212 g/mol. The van der Waals surface area contributed by atoms with Crippen LogP contribution in [0.3, 0.4) is 0 Å². The Labute approximate surface area is 89.2 Å². The molecule has 0 aliphatic heterocycles. The zero-order valence-electron chi connectivity index (χ0n) is 9.33. The quantitative estimate of drug-likeness (QED) is 0.393. The molecule has 0 bridgehead atoms. The van der Waals surface area contributed by atoms with Gasteiger partial charge in [0.1, 0.15) is 0 Å². The summed E-state index contributed by atoms with van der Waals surface area (Å²) in [6.45, 7) is 5.79. The van der Waals surface area contributed by atoms with Gasteiger partial charge in [0.2, 0.25) is 0 Å². The Hall–Kier alpha value is -1.32. The Morgan fingerprint density at radius 2 is 1.80 bits per heavy atom. The van der Waals surface area contributed by atoms with Crippen LogP contribution in [0, 0.1) is 11.3 Å². The summed E-state index contributed by atoms with van der Waals surface area (Å²) in [5.41, 5.74) is -0.272. The molecule has 84 valence electrons. The van der Waals surface area contributed by atoms with E-state index in [-0.39, 0.29) is 5.92 Å². The normalized spacial score (nSPS) is 23.7. The molecule has 0 heterocycles. The molecule has 0 spiro atoms. The SMILES string of the molecule is C=C1CC(C(=O)OC)(C(=O)OC)C[C@@H]1C. The number of allylic oxidation sites excluding steroid dienone is 1. The predicted molar refractivity (Wildman–Crippen MR) is 54.0 cm³/mol. The Morgan fingerprint density at radius 3 is 2.07 bits per heavy atom. The molecule has 0 aromatic rings. The number of hydrogen-bond donors (Lipinski definition) is 0. The summed E-state index contributed by atoms with van der Waals surface area (Å²) >= 11 is 0. The lowest BCUT2D eigenvalue weighted by molar-refractivity contribution is -0.168.